The highest BCUT2D eigenvalue weighted by Gasteiger charge is 2.33. The van der Waals surface area contributed by atoms with Crippen LogP contribution >= 0.6 is 0 Å². The summed E-state index contributed by atoms with van der Waals surface area (Å²) < 4.78 is 14.0. The van der Waals surface area contributed by atoms with E-state index in [0.29, 0.717) is 46.6 Å². The minimum absolute atomic E-state index is 0.0295. The van der Waals surface area contributed by atoms with Crippen LogP contribution in [-0.2, 0) is 56.9 Å². The fourth-order valence-corrected chi connectivity index (χ4v) is 9.40. The number of phenols is 2. The topological polar surface area (TPSA) is 180 Å². The van der Waals surface area contributed by atoms with Gasteiger partial charge in [0, 0.05) is 51.9 Å². The van der Waals surface area contributed by atoms with Crippen molar-refractivity contribution < 1.29 is 49.7 Å². The summed E-state index contributed by atoms with van der Waals surface area (Å²) in [6, 6.07) is 16.6. The molecule has 2 atom stereocenters. The molecule has 396 valence electrons. The summed E-state index contributed by atoms with van der Waals surface area (Å²) in [5.74, 6) is 0.389. The number of hydrogen-bond acceptors (Lipinski definition) is 10. The molecule has 0 heterocycles. The molecule has 0 saturated heterocycles. The summed E-state index contributed by atoms with van der Waals surface area (Å²) in [6.07, 6.45) is -0.537. The number of amides is 2. The molecule has 0 radical (unpaired) electrons. The molecule has 6 N–H and O–H groups in total. The molecule has 4 aromatic carbocycles. The third-order valence-corrected chi connectivity index (χ3v) is 13.9. The highest BCUT2D eigenvalue weighted by molar-refractivity contribution is 5.82. The fourth-order valence-electron chi connectivity index (χ4n) is 9.40. The number of rotatable bonds is 16. The minimum Gasteiger partial charge on any atom is -0.507 e. The third-order valence-electron chi connectivity index (χ3n) is 13.9. The Morgan fingerprint density at radius 1 is 0.431 bits per heavy atom. The van der Waals surface area contributed by atoms with Gasteiger partial charge in [0.25, 0.3) is 11.8 Å². The number of aliphatic hydroxyl groups is 4. The second kappa shape index (κ2) is 23.4. The van der Waals surface area contributed by atoms with Crippen LogP contribution in [0.15, 0.2) is 48.5 Å². The standard InChI is InChI=1S/C60H86N2O10/c1-15-49(55(69)61(17-21-63)18-22-64)71-53-41-25-37-29-45(57(3,4)5)31-39(51(37)67)27-43-35-48(60(12,13)14)36-44(54(43)72-50(16-2)56(70)62(19-23-65)20-24-66)28-40-32-46(58(6,7)8)30-38(52(40)68)26-42(53)34-47(33-41)59(9,10)11/h29-36,49-50,63-68H,15-28H2,1-14H3. The second-order valence-electron chi connectivity index (χ2n) is 23.8. The van der Waals surface area contributed by atoms with Gasteiger partial charge in [0.15, 0.2) is 12.2 Å². The van der Waals surface area contributed by atoms with Crippen LogP contribution in [0.3, 0.4) is 0 Å². The summed E-state index contributed by atoms with van der Waals surface area (Å²) in [7, 11) is 0. The van der Waals surface area contributed by atoms with Gasteiger partial charge < -0.3 is 49.9 Å². The average molecular weight is 995 g/mol. The predicted octanol–water partition coefficient (Wildman–Crippen LogP) is 8.91. The number of fused-ring (bicyclic) bond motifs is 8. The number of ether oxygens (including phenoxy) is 2. The molecular weight excluding hydrogens is 909 g/mol. The fraction of sp³-hybridized carbons (Fsp3) is 0.567. The van der Waals surface area contributed by atoms with Crippen molar-refractivity contribution in [3.05, 3.63) is 115 Å². The number of hydrogen-bond donors (Lipinski definition) is 6. The molecule has 2 unspecified atom stereocenters. The lowest BCUT2D eigenvalue weighted by molar-refractivity contribution is -0.140. The van der Waals surface area contributed by atoms with Gasteiger partial charge in [0.2, 0.25) is 0 Å². The molecule has 8 bridgehead atoms. The Morgan fingerprint density at radius 3 is 0.819 bits per heavy atom. The Bertz CT molecular complexity index is 2250. The number of nitrogens with zero attached hydrogens (tertiary/aromatic N) is 2. The van der Waals surface area contributed by atoms with E-state index >= 15 is 0 Å². The molecule has 1 aliphatic carbocycles. The molecule has 5 rings (SSSR count). The highest BCUT2D eigenvalue weighted by Crippen LogP contribution is 2.44. The molecule has 0 saturated carbocycles. The lowest BCUT2D eigenvalue weighted by atomic mass is 9.79. The third kappa shape index (κ3) is 13.7. The summed E-state index contributed by atoms with van der Waals surface area (Å²) in [6.45, 7) is 28.4. The van der Waals surface area contributed by atoms with Gasteiger partial charge in [-0.2, -0.15) is 0 Å². The van der Waals surface area contributed by atoms with Crippen molar-refractivity contribution in [2.75, 3.05) is 52.6 Å². The molecule has 0 spiro atoms. The average Bonchev–Trinajstić information content (AvgIpc) is 3.28. The van der Waals surface area contributed by atoms with Crippen LogP contribution in [0.25, 0.3) is 0 Å². The zero-order valence-corrected chi connectivity index (χ0v) is 45.9. The summed E-state index contributed by atoms with van der Waals surface area (Å²) in [4.78, 5) is 31.4. The summed E-state index contributed by atoms with van der Waals surface area (Å²) in [5.41, 5.74) is 8.12. The lowest BCUT2D eigenvalue weighted by Gasteiger charge is -2.31. The van der Waals surface area contributed by atoms with Crippen LogP contribution in [0.2, 0.25) is 0 Å². The maximum absolute atomic E-state index is 14.3. The van der Waals surface area contributed by atoms with E-state index in [1.807, 2.05) is 38.1 Å². The van der Waals surface area contributed by atoms with Gasteiger partial charge >= 0.3 is 0 Å². The lowest BCUT2D eigenvalue weighted by Crippen LogP contribution is -2.44. The second-order valence-corrected chi connectivity index (χ2v) is 23.8. The Hall–Kier alpha value is -5.14. The quantitative estimate of drug-likeness (QED) is 0.0559. The molecule has 1 aliphatic rings. The van der Waals surface area contributed by atoms with Crippen LogP contribution in [0.5, 0.6) is 23.0 Å². The predicted molar refractivity (Wildman–Crippen MR) is 286 cm³/mol. The normalized spacial score (nSPS) is 14.1. The number of phenolic OH excluding ortho intramolecular Hbond substituents is 2. The van der Waals surface area contributed by atoms with E-state index in [1.54, 1.807) is 0 Å². The molecule has 4 aromatic rings. The Labute approximate surface area is 430 Å². The largest absolute Gasteiger partial charge is 0.507 e. The number of aromatic hydroxyl groups is 2. The van der Waals surface area contributed by atoms with Gasteiger partial charge in [-0.15, -0.1) is 0 Å². The van der Waals surface area contributed by atoms with Crippen molar-refractivity contribution in [3.8, 4) is 23.0 Å². The van der Waals surface area contributed by atoms with E-state index in [-0.39, 0.29) is 123 Å². The van der Waals surface area contributed by atoms with Gasteiger partial charge in [-0.05, 0) is 101 Å². The summed E-state index contributed by atoms with van der Waals surface area (Å²) >= 11 is 0. The first-order chi connectivity index (χ1) is 33.6. The molecule has 12 heteroatoms. The van der Waals surface area contributed by atoms with Crippen LogP contribution in [-0.4, -0.2) is 117 Å². The number of carbonyl (C=O) groups is 2. The first-order valence-corrected chi connectivity index (χ1v) is 26.0. The van der Waals surface area contributed by atoms with Crippen molar-refractivity contribution >= 4 is 11.8 Å². The monoisotopic (exact) mass is 995 g/mol. The van der Waals surface area contributed by atoms with Crippen LogP contribution in [0, 0.1) is 0 Å². The van der Waals surface area contributed by atoms with Gasteiger partial charge in [-0.25, -0.2) is 0 Å². The van der Waals surface area contributed by atoms with Gasteiger partial charge in [0.05, 0.1) is 26.4 Å². The smallest absolute Gasteiger partial charge is 0.263 e. The molecule has 72 heavy (non-hydrogen) atoms. The van der Waals surface area contributed by atoms with E-state index < -0.39 is 12.2 Å². The SMILES string of the molecule is CCC(Oc1c2cc(C(C)(C)C)cc1Cc1cc(C(C)(C)C)cc(c1O)Cc1cc(C(C)(C)C)cc(c1OC(CC)C(=O)N(CCO)CCO)Cc1cc(C(C)(C)C)cc(c1O)C2)C(=O)N(CCO)CCO. The van der Waals surface area contributed by atoms with E-state index in [2.05, 4.69) is 107 Å². The molecule has 0 fully saturated rings. The van der Waals surface area contributed by atoms with E-state index in [9.17, 15) is 40.2 Å². The zero-order valence-electron chi connectivity index (χ0n) is 45.9. The minimum atomic E-state index is -0.986. The first-order valence-electron chi connectivity index (χ1n) is 26.0. The first kappa shape index (κ1) is 57.8. The Morgan fingerprint density at radius 2 is 0.639 bits per heavy atom. The van der Waals surface area contributed by atoms with E-state index in [1.165, 1.54) is 9.80 Å². The van der Waals surface area contributed by atoms with E-state index in [4.69, 9.17) is 9.47 Å². The van der Waals surface area contributed by atoms with Crippen molar-refractivity contribution in [2.45, 2.75) is 169 Å². The summed E-state index contributed by atoms with van der Waals surface area (Å²) in [5, 5.41) is 65.3. The van der Waals surface area contributed by atoms with Crippen molar-refractivity contribution in [1.29, 1.82) is 0 Å². The van der Waals surface area contributed by atoms with Gasteiger partial charge in [-0.1, -0.05) is 145 Å². The Kier molecular flexibility index (Phi) is 18.8. The van der Waals surface area contributed by atoms with Crippen LogP contribution < -0.4 is 9.47 Å². The molecule has 0 aliphatic heterocycles. The zero-order chi connectivity index (χ0) is 53.7. The molecule has 2 amide bonds. The maximum atomic E-state index is 14.3. The van der Waals surface area contributed by atoms with Crippen LogP contribution in [0.1, 0.15) is 177 Å². The van der Waals surface area contributed by atoms with Crippen LogP contribution in [0.4, 0.5) is 0 Å². The van der Waals surface area contributed by atoms with Crippen molar-refractivity contribution in [3.63, 3.8) is 0 Å². The van der Waals surface area contributed by atoms with Gasteiger partial charge in [-0.3, -0.25) is 9.59 Å². The highest BCUT2D eigenvalue weighted by atomic mass is 16.5. The number of aliphatic hydroxyl groups excluding tert-OH is 4. The maximum Gasteiger partial charge on any atom is 0.263 e. The van der Waals surface area contributed by atoms with E-state index in [0.717, 1.165) is 44.5 Å². The Balaban J connectivity index is 1.96. The molecule has 0 aromatic heterocycles. The van der Waals surface area contributed by atoms with Gasteiger partial charge in [0.1, 0.15) is 23.0 Å². The number of benzene rings is 4. The van der Waals surface area contributed by atoms with Crippen molar-refractivity contribution in [2.24, 2.45) is 0 Å². The number of carbonyl (C=O) groups excluding carboxylic acids is 2. The molecule has 12 nitrogen and oxygen atoms in total. The molecular formula is C60H86N2O10. The van der Waals surface area contributed by atoms with Crippen molar-refractivity contribution in [1.82, 2.24) is 9.80 Å².